The monoisotopic (exact) mass is 208 g/mol. The molecular weight excluding hydrogens is 196 g/mol. The second kappa shape index (κ2) is 5.71. The molecule has 0 aliphatic carbocycles. The molecule has 1 atom stereocenters. The van der Waals surface area contributed by atoms with Gasteiger partial charge in [-0.1, -0.05) is 42.1 Å². The number of carbonyl (C=O) groups is 1. The lowest BCUT2D eigenvalue weighted by atomic mass is 10.2. The van der Waals surface area contributed by atoms with E-state index in [9.17, 15) is 4.79 Å². The van der Waals surface area contributed by atoms with E-state index >= 15 is 0 Å². The summed E-state index contributed by atoms with van der Waals surface area (Å²) >= 11 is 3.07. The second-order valence-electron chi connectivity index (χ2n) is 2.30. The number of unbranched alkanes of at least 4 members (excludes halogenated alkanes) is 2. The molecule has 0 heterocycles. The van der Waals surface area contributed by atoms with Crippen molar-refractivity contribution in [1.82, 2.24) is 0 Å². The molecule has 0 fully saturated rings. The summed E-state index contributed by atoms with van der Waals surface area (Å²) in [4.78, 5) is 9.90. The van der Waals surface area contributed by atoms with Crippen LogP contribution in [0.3, 0.4) is 0 Å². The molecule has 0 radical (unpaired) electrons. The highest BCUT2D eigenvalue weighted by Gasteiger charge is 2.10. The Hall–Kier alpha value is -0.0500. The topological polar surface area (TPSA) is 37.3 Å². The van der Waals surface area contributed by atoms with Gasteiger partial charge in [-0.05, 0) is 6.42 Å². The molecule has 0 unspecified atom stereocenters. The van der Waals surface area contributed by atoms with Crippen LogP contribution in [-0.2, 0) is 4.79 Å². The molecule has 0 aromatic rings. The Kier molecular flexibility index (Phi) is 5.69. The first-order chi connectivity index (χ1) is 4.68. The molecule has 0 saturated heterocycles. The van der Waals surface area contributed by atoms with Crippen molar-refractivity contribution in [2.75, 3.05) is 0 Å². The highest BCUT2D eigenvalue weighted by molar-refractivity contribution is 9.10. The standard InChI is InChI=1S/C7H13BrO2/c1-2-3-4-5-6(8)7(9)10/h6H,2-5H2,1H3,(H,9,10)/t6-/m1/s1. The average Bonchev–Trinajstić information content (AvgIpc) is 1.88. The van der Waals surface area contributed by atoms with Crippen LogP contribution in [0.15, 0.2) is 0 Å². The van der Waals surface area contributed by atoms with Crippen LogP contribution in [0, 0.1) is 0 Å². The zero-order chi connectivity index (χ0) is 7.98. The van der Waals surface area contributed by atoms with E-state index in [1.54, 1.807) is 0 Å². The lowest BCUT2D eigenvalue weighted by Gasteiger charge is -2.01. The SMILES string of the molecule is CCCCC[C@@H](Br)C(=O)O. The third-order valence-corrected chi connectivity index (χ3v) is 2.18. The van der Waals surface area contributed by atoms with Crippen molar-refractivity contribution in [2.24, 2.45) is 0 Å². The average molecular weight is 209 g/mol. The Labute approximate surface area is 69.8 Å². The largest absolute Gasteiger partial charge is 0.480 e. The van der Waals surface area contributed by atoms with E-state index in [4.69, 9.17) is 5.11 Å². The minimum absolute atomic E-state index is 0.348. The van der Waals surface area contributed by atoms with Crippen molar-refractivity contribution >= 4 is 21.9 Å². The number of hydrogen-bond donors (Lipinski definition) is 1. The molecule has 2 nitrogen and oxygen atoms in total. The van der Waals surface area contributed by atoms with Gasteiger partial charge in [-0.2, -0.15) is 0 Å². The number of carboxylic acid groups (broad SMARTS) is 1. The van der Waals surface area contributed by atoms with Crippen molar-refractivity contribution in [3.05, 3.63) is 0 Å². The fraction of sp³-hybridized carbons (Fsp3) is 0.857. The zero-order valence-corrected chi connectivity index (χ0v) is 7.73. The van der Waals surface area contributed by atoms with E-state index in [1.165, 1.54) is 0 Å². The van der Waals surface area contributed by atoms with Crippen LogP contribution < -0.4 is 0 Å². The maximum Gasteiger partial charge on any atom is 0.317 e. The molecule has 0 aliphatic rings. The Morgan fingerprint density at radius 3 is 2.60 bits per heavy atom. The number of aliphatic carboxylic acids is 1. The Morgan fingerprint density at radius 1 is 1.60 bits per heavy atom. The molecule has 3 heteroatoms. The van der Waals surface area contributed by atoms with Crippen molar-refractivity contribution < 1.29 is 9.90 Å². The van der Waals surface area contributed by atoms with Gasteiger partial charge in [0, 0.05) is 0 Å². The van der Waals surface area contributed by atoms with Gasteiger partial charge in [-0.3, -0.25) is 4.79 Å². The summed E-state index contributed by atoms with van der Waals surface area (Å²) < 4.78 is 0. The molecule has 1 N–H and O–H groups in total. The quantitative estimate of drug-likeness (QED) is 0.557. The lowest BCUT2D eigenvalue weighted by Crippen LogP contribution is -2.11. The fourth-order valence-corrected chi connectivity index (χ4v) is 1.02. The van der Waals surface area contributed by atoms with Gasteiger partial charge < -0.3 is 5.11 Å². The van der Waals surface area contributed by atoms with E-state index < -0.39 is 5.97 Å². The van der Waals surface area contributed by atoms with Gasteiger partial charge in [0.05, 0.1) is 0 Å². The van der Waals surface area contributed by atoms with Gasteiger partial charge in [-0.25, -0.2) is 0 Å². The maximum atomic E-state index is 10.2. The van der Waals surface area contributed by atoms with Gasteiger partial charge in [0.2, 0.25) is 0 Å². The van der Waals surface area contributed by atoms with Crippen molar-refractivity contribution in [3.8, 4) is 0 Å². The summed E-state index contributed by atoms with van der Waals surface area (Å²) in [6.45, 7) is 2.10. The van der Waals surface area contributed by atoms with E-state index in [0.717, 1.165) is 25.7 Å². The van der Waals surface area contributed by atoms with Crippen LogP contribution in [0.2, 0.25) is 0 Å². The molecule has 0 spiro atoms. The minimum atomic E-state index is -0.754. The van der Waals surface area contributed by atoms with Gasteiger partial charge in [0.1, 0.15) is 4.83 Å². The second-order valence-corrected chi connectivity index (χ2v) is 3.41. The molecule has 0 aromatic carbocycles. The molecule has 0 rings (SSSR count). The summed E-state index contributed by atoms with van der Waals surface area (Å²) in [6.07, 6.45) is 4.00. The molecule has 10 heavy (non-hydrogen) atoms. The molecule has 0 bridgehead atoms. The van der Waals surface area contributed by atoms with Crippen molar-refractivity contribution in [2.45, 2.75) is 37.4 Å². The molecule has 60 valence electrons. The Bertz CT molecular complexity index is 104. The fourth-order valence-electron chi connectivity index (χ4n) is 0.697. The van der Waals surface area contributed by atoms with Gasteiger partial charge in [0.15, 0.2) is 0 Å². The summed E-state index contributed by atoms with van der Waals surface area (Å²) in [5.41, 5.74) is 0. The van der Waals surface area contributed by atoms with Crippen LogP contribution in [0.1, 0.15) is 32.6 Å². The molecule has 0 saturated carbocycles. The van der Waals surface area contributed by atoms with Gasteiger partial charge in [0.25, 0.3) is 0 Å². The van der Waals surface area contributed by atoms with Gasteiger partial charge >= 0.3 is 5.97 Å². The van der Waals surface area contributed by atoms with Crippen molar-refractivity contribution in [1.29, 1.82) is 0 Å². The summed E-state index contributed by atoms with van der Waals surface area (Å²) in [5, 5.41) is 8.43. The maximum absolute atomic E-state index is 10.2. The number of halogens is 1. The van der Waals surface area contributed by atoms with Crippen LogP contribution in [-0.4, -0.2) is 15.9 Å². The van der Waals surface area contributed by atoms with Crippen LogP contribution in [0.4, 0.5) is 0 Å². The first-order valence-electron chi connectivity index (χ1n) is 3.55. The van der Waals surface area contributed by atoms with Crippen LogP contribution in [0.25, 0.3) is 0 Å². The number of hydrogen-bond acceptors (Lipinski definition) is 1. The molecule has 0 aliphatic heterocycles. The first kappa shape index (κ1) is 9.95. The summed E-state index contributed by atoms with van der Waals surface area (Å²) in [7, 11) is 0. The summed E-state index contributed by atoms with van der Waals surface area (Å²) in [5.74, 6) is -0.754. The van der Waals surface area contributed by atoms with E-state index in [1.807, 2.05) is 0 Å². The van der Waals surface area contributed by atoms with Crippen LogP contribution in [0.5, 0.6) is 0 Å². The third kappa shape index (κ3) is 4.79. The highest BCUT2D eigenvalue weighted by Crippen LogP contribution is 2.10. The smallest absolute Gasteiger partial charge is 0.317 e. The zero-order valence-electron chi connectivity index (χ0n) is 6.14. The summed E-state index contributed by atoms with van der Waals surface area (Å²) in [6, 6.07) is 0. The van der Waals surface area contributed by atoms with Gasteiger partial charge in [-0.15, -0.1) is 0 Å². The lowest BCUT2D eigenvalue weighted by molar-refractivity contribution is -0.136. The minimum Gasteiger partial charge on any atom is -0.480 e. The van der Waals surface area contributed by atoms with E-state index in [0.29, 0.717) is 0 Å². The Morgan fingerprint density at radius 2 is 2.20 bits per heavy atom. The van der Waals surface area contributed by atoms with Crippen LogP contribution >= 0.6 is 15.9 Å². The predicted molar refractivity (Wildman–Crippen MR) is 44.5 cm³/mol. The normalized spacial score (nSPS) is 13.0. The van der Waals surface area contributed by atoms with Crippen molar-refractivity contribution in [3.63, 3.8) is 0 Å². The predicted octanol–water partition coefficient (Wildman–Crippen LogP) is 2.41. The number of carboxylic acids is 1. The van der Waals surface area contributed by atoms with E-state index in [-0.39, 0.29) is 4.83 Å². The molecule has 0 aromatic heterocycles. The molecular formula is C7H13BrO2. The third-order valence-electron chi connectivity index (χ3n) is 1.33. The number of rotatable bonds is 5. The highest BCUT2D eigenvalue weighted by atomic mass is 79.9. The Balaban J connectivity index is 3.21. The number of alkyl halides is 1. The van der Waals surface area contributed by atoms with E-state index in [2.05, 4.69) is 22.9 Å². The first-order valence-corrected chi connectivity index (χ1v) is 4.47. The molecule has 0 amide bonds.